The van der Waals surface area contributed by atoms with Gasteiger partial charge in [0.05, 0.1) is 11.0 Å². The molecule has 1 aliphatic rings. The molecule has 2 heterocycles. The Labute approximate surface area is 141 Å². The van der Waals surface area contributed by atoms with E-state index in [0.29, 0.717) is 12.3 Å². The van der Waals surface area contributed by atoms with Crippen molar-refractivity contribution in [2.45, 2.75) is 38.5 Å². The Hall–Kier alpha value is -2.08. The Morgan fingerprint density at radius 1 is 1.25 bits per heavy atom. The van der Waals surface area contributed by atoms with E-state index in [0.717, 1.165) is 55.5 Å². The van der Waals surface area contributed by atoms with Crippen molar-refractivity contribution in [1.29, 1.82) is 0 Å². The summed E-state index contributed by atoms with van der Waals surface area (Å²) in [5.74, 6) is 0.837. The lowest BCUT2D eigenvalue weighted by molar-refractivity contribution is -0.121. The standard InChI is InChI=1S/C18H26N4O2/c23-17(20-10-8-14-4-2-9-19-12-14)5-1-3-13-6-7-15-16(11-13)22-18(24)21-15/h6-7,11,14,19H,1-5,8-10,12H2,(H,20,23)(H2,21,22,24). The van der Waals surface area contributed by atoms with Crippen molar-refractivity contribution < 1.29 is 4.79 Å². The van der Waals surface area contributed by atoms with Crippen LogP contribution >= 0.6 is 0 Å². The first kappa shape index (κ1) is 16.8. The molecule has 0 aliphatic carbocycles. The minimum Gasteiger partial charge on any atom is -0.356 e. The van der Waals surface area contributed by atoms with Crippen molar-refractivity contribution in [2.24, 2.45) is 5.92 Å². The fourth-order valence-corrected chi connectivity index (χ4v) is 3.36. The monoisotopic (exact) mass is 330 g/mol. The predicted octanol–water partition coefficient (Wildman–Crippen LogP) is 1.68. The average molecular weight is 330 g/mol. The number of carbonyl (C=O) groups excluding carboxylic acids is 1. The van der Waals surface area contributed by atoms with Gasteiger partial charge in [-0.15, -0.1) is 0 Å². The van der Waals surface area contributed by atoms with Crippen molar-refractivity contribution in [1.82, 2.24) is 20.6 Å². The van der Waals surface area contributed by atoms with Crippen LogP contribution in [0.2, 0.25) is 0 Å². The Bertz CT molecular complexity index is 728. The molecule has 0 saturated carbocycles. The number of imidazole rings is 1. The summed E-state index contributed by atoms with van der Waals surface area (Å²) >= 11 is 0. The van der Waals surface area contributed by atoms with E-state index >= 15 is 0 Å². The highest BCUT2D eigenvalue weighted by atomic mass is 16.1. The Kier molecular flexibility index (Phi) is 5.69. The number of aromatic nitrogens is 2. The quantitative estimate of drug-likeness (QED) is 0.623. The molecule has 1 aromatic carbocycles. The van der Waals surface area contributed by atoms with Crippen molar-refractivity contribution in [2.75, 3.05) is 19.6 Å². The number of piperidine rings is 1. The zero-order valence-corrected chi connectivity index (χ0v) is 14.0. The van der Waals surface area contributed by atoms with Crippen molar-refractivity contribution in [3.05, 3.63) is 34.2 Å². The van der Waals surface area contributed by atoms with Gasteiger partial charge in [0.25, 0.3) is 0 Å². The molecule has 0 spiro atoms. The molecule has 2 aromatic rings. The van der Waals surface area contributed by atoms with Crippen LogP contribution in [0.5, 0.6) is 0 Å². The number of aromatic amines is 2. The second kappa shape index (κ2) is 8.15. The van der Waals surface area contributed by atoms with Gasteiger partial charge in [-0.3, -0.25) is 4.79 Å². The van der Waals surface area contributed by atoms with Crippen LogP contribution in [0.3, 0.4) is 0 Å². The highest BCUT2D eigenvalue weighted by Gasteiger charge is 2.12. The lowest BCUT2D eigenvalue weighted by Crippen LogP contribution is -2.33. The first-order chi connectivity index (χ1) is 11.7. The normalized spacial score (nSPS) is 17.9. The molecule has 1 unspecified atom stereocenters. The highest BCUT2D eigenvalue weighted by molar-refractivity contribution is 5.76. The maximum Gasteiger partial charge on any atom is 0.323 e. The number of H-pyrrole nitrogens is 2. The number of nitrogens with one attached hydrogen (secondary N) is 4. The molecule has 1 atom stereocenters. The van der Waals surface area contributed by atoms with Gasteiger partial charge in [-0.2, -0.15) is 0 Å². The number of fused-ring (bicyclic) bond motifs is 1. The second-order valence-corrected chi connectivity index (χ2v) is 6.66. The summed E-state index contributed by atoms with van der Waals surface area (Å²) in [5, 5.41) is 6.43. The van der Waals surface area contributed by atoms with Crippen LogP contribution in [0.15, 0.2) is 23.0 Å². The molecule has 3 rings (SSSR count). The molecule has 0 bridgehead atoms. The van der Waals surface area contributed by atoms with Gasteiger partial charge in [-0.1, -0.05) is 6.07 Å². The van der Waals surface area contributed by atoms with Crippen LogP contribution in [0, 0.1) is 5.92 Å². The van der Waals surface area contributed by atoms with E-state index < -0.39 is 0 Å². The third kappa shape index (κ3) is 4.71. The third-order valence-electron chi connectivity index (χ3n) is 4.72. The lowest BCUT2D eigenvalue weighted by atomic mass is 9.96. The zero-order chi connectivity index (χ0) is 16.8. The molecule has 4 N–H and O–H groups in total. The number of aryl methyl sites for hydroxylation is 1. The number of carbonyl (C=O) groups is 1. The maximum absolute atomic E-state index is 11.9. The summed E-state index contributed by atoms with van der Waals surface area (Å²) < 4.78 is 0. The molecule has 1 saturated heterocycles. The van der Waals surface area contributed by atoms with Crippen LogP contribution < -0.4 is 16.3 Å². The SMILES string of the molecule is O=C(CCCc1ccc2[nH]c(=O)[nH]c2c1)NCCC1CCCNC1. The fraction of sp³-hybridized carbons (Fsp3) is 0.556. The molecule has 6 heteroatoms. The van der Waals surface area contributed by atoms with E-state index in [9.17, 15) is 9.59 Å². The summed E-state index contributed by atoms with van der Waals surface area (Å²) in [6.07, 6.45) is 5.78. The maximum atomic E-state index is 11.9. The first-order valence-electron chi connectivity index (χ1n) is 8.89. The van der Waals surface area contributed by atoms with Gasteiger partial charge in [-0.05, 0) is 68.8 Å². The van der Waals surface area contributed by atoms with E-state index in [2.05, 4.69) is 20.6 Å². The first-order valence-corrected chi connectivity index (χ1v) is 8.89. The molecular formula is C18H26N4O2. The van der Waals surface area contributed by atoms with E-state index in [1.165, 1.54) is 12.8 Å². The second-order valence-electron chi connectivity index (χ2n) is 6.66. The summed E-state index contributed by atoms with van der Waals surface area (Å²) in [6, 6.07) is 5.88. The van der Waals surface area contributed by atoms with Crippen LogP contribution in [0.1, 0.15) is 37.7 Å². The summed E-state index contributed by atoms with van der Waals surface area (Å²) in [6.45, 7) is 2.99. The smallest absolute Gasteiger partial charge is 0.323 e. The van der Waals surface area contributed by atoms with Crippen molar-refractivity contribution in [3.8, 4) is 0 Å². The lowest BCUT2D eigenvalue weighted by Gasteiger charge is -2.22. The Morgan fingerprint density at radius 2 is 2.12 bits per heavy atom. The van der Waals surface area contributed by atoms with Crippen LogP contribution in [0.4, 0.5) is 0 Å². The van der Waals surface area contributed by atoms with Crippen LogP contribution in [-0.2, 0) is 11.2 Å². The molecule has 0 radical (unpaired) electrons. The van der Waals surface area contributed by atoms with Gasteiger partial charge in [0.1, 0.15) is 0 Å². The Morgan fingerprint density at radius 3 is 2.96 bits per heavy atom. The van der Waals surface area contributed by atoms with Gasteiger partial charge < -0.3 is 20.6 Å². The minimum atomic E-state index is -0.185. The van der Waals surface area contributed by atoms with Crippen molar-refractivity contribution in [3.63, 3.8) is 0 Å². The van der Waals surface area contributed by atoms with Gasteiger partial charge in [-0.25, -0.2) is 4.79 Å². The number of hydrogen-bond donors (Lipinski definition) is 4. The minimum absolute atomic E-state index is 0.134. The summed E-state index contributed by atoms with van der Waals surface area (Å²) in [4.78, 5) is 28.7. The molecule has 1 fully saturated rings. The highest BCUT2D eigenvalue weighted by Crippen LogP contribution is 2.14. The summed E-state index contributed by atoms with van der Waals surface area (Å²) in [7, 11) is 0. The van der Waals surface area contributed by atoms with E-state index in [-0.39, 0.29) is 11.6 Å². The predicted molar refractivity (Wildman–Crippen MR) is 95.1 cm³/mol. The molecule has 1 aromatic heterocycles. The van der Waals surface area contributed by atoms with Crippen molar-refractivity contribution >= 4 is 16.9 Å². The number of amides is 1. The number of rotatable bonds is 7. The zero-order valence-electron chi connectivity index (χ0n) is 14.0. The van der Waals surface area contributed by atoms with Crippen LogP contribution in [0.25, 0.3) is 11.0 Å². The van der Waals surface area contributed by atoms with Gasteiger partial charge in [0.15, 0.2) is 0 Å². The summed E-state index contributed by atoms with van der Waals surface area (Å²) in [5.41, 5.74) is 2.59. The fourth-order valence-electron chi connectivity index (χ4n) is 3.36. The third-order valence-corrected chi connectivity index (χ3v) is 4.72. The molecule has 1 amide bonds. The van der Waals surface area contributed by atoms with Gasteiger partial charge in [0.2, 0.25) is 5.91 Å². The molecule has 130 valence electrons. The molecule has 1 aliphatic heterocycles. The van der Waals surface area contributed by atoms with E-state index in [1.54, 1.807) is 0 Å². The van der Waals surface area contributed by atoms with E-state index in [1.807, 2.05) is 18.2 Å². The Balaban J connectivity index is 1.35. The molecular weight excluding hydrogens is 304 g/mol. The largest absolute Gasteiger partial charge is 0.356 e. The molecule has 6 nitrogen and oxygen atoms in total. The topological polar surface area (TPSA) is 89.8 Å². The number of hydrogen-bond acceptors (Lipinski definition) is 3. The van der Waals surface area contributed by atoms with Crippen LogP contribution in [-0.4, -0.2) is 35.5 Å². The average Bonchev–Trinajstić information content (AvgIpc) is 2.95. The van der Waals surface area contributed by atoms with E-state index in [4.69, 9.17) is 0 Å². The van der Waals surface area contributed by atoms with Gasteiger partial charge in [0, 0.05) is 13.0 Å². The molecule has 24 heavy (non-hydrogen) atoms. The number of benzene rings is 1. The van der Waals surface area contributed by atoms with Gasteiger partial charge >= 0.3 is 5.69 Å².